The number of rotatable bonds is 6. The number of pyridine rings is 1. The molecule has 0 saturated heterocycles. The van der Waals surface area contributed by atoms with E-state index in [-0.39, 0.29) is 23.8 Å². The minimum atomic E-state index is -1.04. The van der Waals surface area contributed by atoms with Crippen LogP contribution in [0.4, 0.5) is 0 Å². The summed E-state index contributed by atoms with van der Waals surface area (Å²) in [6.45, 7) is 1.75. The molecule has 0 fully saturated rings. The van der Waals surface area contributed by atoms with Crippen LogP contribution in [-0.2, 0) is 11.3 Å². The molecule has 110 valence electrons. The minimum Gasteiger partial charge on any atom is -0.478 e. The van der Waals surface area contributed by atoms with Crippen molar-refractivity contribution in [3.8, 4) is 0 Å². The molecule has 0 aliphatic carbocycles. The fraction of sp³-hybridized carbons (Fsp3) is 0.214. The van der Waals surface area contributed by atoms with E-state index < -0.39 is 5.97 Å². The third-order valence-corrected chi connectivity index (χ3v) is 3.69. The molecule has 2 heterocycles. The molecule has 7 heteroatoms. The number of hydrogen-bond acceptors (Lipinski definition) is 5. The second-order valence-electron chi connectivity index (χ2n) is 4.24. The first-order chi connectivity index (χ1) is 10.1. The van der Waals surface area contributed by atoms with E-state index in [1.807, 2.05) is 12.1 Å². The van der Waals surface area contributed by atoms with Gasteiger partial charge in [-0.05, 0) is 25.1 Å². The summed E-state index contributed by atoms with van der Waals surface area (Å²) in [6, 6.07) is 5.08. The van der Waals surface area contributed by atoms with E-state index >= 15 is 0 Å². The van der Waals surface area contributed by atoms with Crippen molar-refractivity contribution in [2.24, 2.45) is 0 Å². The van der Waals surface area contributed by atoms with Crippen molar-refractivity contribution in [3.63, 3.8) is 0 Å². The lowest BCUT2D eigenvalue weighted by molar-refractivity contribution is -0.118. The topological polar surface area (TPSA) is 92.4 Å². The van der Waals surface area contributed by atoms with E-state index in [4.69, 9.17) is 9.52 Å². The Hall–Kier alpha value is -2.28. The van der Waals surface area contributed by atoms with Gasteiger partial charge < -0.3 is 14.8 Å². The average Bonchev–Trinajstić information content (AvgIpc) is 2.85. The van der Waals surface area contributed by atoms with Gasteiger partial charge in [-0.15, -0.1) is 11.8 Å². The van der Waals surface area contributed by atoms with Gasteiger partial charge in [-0.2, -0.15) is 0 Å². The Balaban J connectivity index is 1.81. The van der Waals surface area contributed by atoms with Crippen molar-refractivity contribution in [3.05, 3.63) is 47.7 Å². The maximum Gasteiger partial charge on any atom is 0.339 e. The molecule has 0 unspecified atom stereocenters. The number of carbonyl (C=O) groups is 2. The Labute approximate surface area is 125 Å². The Morgan fingerprint density at radius 3 is 2.71 bits per heavy atom. The van der Waals surface area contributed by atoms with E-state index in [2.05, 4.69) is 10.3 Å². The molecule has 21 heavy (non-hydrogen) atoms. The zero-order valence-corrected chi connectivity index (χ0v) is 12.1. The van der Waals surface area contributed by atoms with Gasteiger partial charge in [-0.25, -0.2) is 4.79 Å². The number of hydrogen-bond donors (Lipinski definition) is 2. The number of carbonyl (C=O) groups excluding carboxylic acids is 1. The molecule has 2 N–H and O–H groups in total. The molecule has 0 saturated carbocycles. The molecule has 0 atom stereocenters. The molecule has 0 aliphatic heterocycles. The molecule has 0 aliphatic rings. The smallest absolute Gasteiger partial charge is 0.339 e. The third-order valence-electron chi connectivity index (χ3n) is 2.68. The van der Waals surface area contributed by atoms with Crippen molar-refractivity contribution in [1.29, 1.82) is 0 Å². The Morgan fingerprint density at radius 1 is 1.38 bits per heavy atom. The van der Waals surface area contributed by atoms with E-state index in [0.717, 1.165) is 4.90 Å². The highest BCUT2D eigenvalue weighted by Crippen LogP contribution is 2.16. The van der Waals surface area contributed by atoms with Crippen LogP contribution < -0.4 is 5.32 Å². The van der Waals surface area contributed by atoms with Crippen molar-refractivity contribution in [2.75, 3.05) is 5.75 Å². The fourth-order valence-electron chi connectivity index (χ4n) is 1.66. The highest BCUT2D eigenvalue weighted by atomic mass is 32.2. The molecule has 0 spiro atoms. The lowest BCUT2D eigenvalue weighted by atomic mass is 10.2. The van der Waals surface area contributed by atoms with Crippen LogP contribution >= 0.6 is 11.8 Å². The summed E-state index contributed by atoms with van der Waals surface area (Å²) in [5, 5.41) is 11.6. The molecule has 2 rings (SSSR count). The van der Waals surface area contributed by atoms with E-state index in [0.29, 0.717) is 11.5 Å². The molecule has 1 amide bonds. The molecule has 2 aromatic heterocycles. The van der Waals surface area contributed by atoms with Crippen molar-refractivity contribution in [1.82, 2.24) is 10.3 Å². The first-order valence-corrected chi connectivity index (χ1v) is 7.17. The van der Waals surface area contributed by atoms with Gasteiger partial charge in [0.15, 0.2) is 0 Å². The maximum atomic E-state index is 11.7. The van der Waals surface area contributed by atoms with Crippen LogP contribution in [-0.4, -0.2) is 27.7 Å². The molecule has 6 nitrogen and oxygen atoms in total. The largest absolute Gasteiger partial charge is 0.478 e. The van der Waals surface area contributed by atoms with Gasteiger partial charge in [0, 0.05) is 17.3 Å². The number of thioether (sulfide) groups is 1. The molecule has 0 aromatic carbocycles. The van der Waals surface area contributed by atoms with E-state index in [9.17, 15) is 9.59 Å². The summed E-state index contributed by atoms with van der Waals surface area (Å²) in [4.78, 5) is 27.4. The minimum absolute atomic E-state index is 0.116. The van der Waals surface area contributed by atoms with Crippen LogP contribution in [0.2, 0.25) is 0 Å². The Morgan fingerprint density at radius 2 is 2.10 bits per heavy atom. The maximum absolute atomic E-state index is 11.7. The average molecular weight is 306 g/mol. The second-order valence-corrected chi connectivity index (χ2v) is 5.28. The second kappa shape index (κ2) is 6.94. The number of furan rings is 1. The SMILES string of the molecule is Cc1oc(CNC(=O)CSc2ccncc2)cc1C(=O)O. The number of nitrogens with zero attached hydrogens (tertiary/aromatic N) is 1. The third kappa shape index (κ3) is 4.35. The number of nitrogens with one attached hydrogen (secondary N) is 1. The highest BCUT2D eigenvalue weighted by Gasteiger charge is 2.14. The summed E-state index contributed by atoms with van der Waals surface area (Å²) in [7, 11) is 0. The van der Waals surface area contributed by atoms with Gasteiger partial charge in [0.25, 0.3) is 0 Å². The number of carboxylic acid groups (broad SMARTS) is 1. The predicted molar refractivity (Wildman–Crippen MR) is 77.2 cm³/mol. The predicted octanol–water partition coefficient (Wildman–Crippen LogP) is 2.09. The number of aromatic carboxylic acids is 1. The van der Waals surface area contributed by atoms with Gasteiger partial charge in [-0.3, -0.25) is 9.78 Å². The molecule has 0 radical (unpaired) electrons. The lowest BCUT2D eigenvalue weighted by Crippen LogP contribution is -2.24. The summed E-state index contributed by atoms with van der Waals surface area (Å²) >= 11 is 1.40. The van der Waals surface area contributed by atoms with Crippen molar-refractivity contribution >= 4 is 23.6 Å². The number of aryl methyl sites for hydroxylation is 1. The molecular formula is C14H14N2O4S. The van der Waals surface area contributed by atoms with E-state index in [1.54, 1.807) is 19.3 Å². The highest BCUT2D eigenvalue weighted by molar-refractivity contribution is 8.00. The van der Waals surface area contributed by atoms with Crippen LogP contribution in [0.25, 0.3) is 0 Å². The van der Waals surface area contributed by atoms with Crippen LogP contribution in [0.5, 0.6) is 0 Å². The van der Waals surface area contributed by atoms with Crippen molar-refractivity contribution in [2.45, 2.75) is 18.4 Å². The standard InChI is InChI=1S/C14H14N2O4S/c1-9-12(14(18)19)6-10(20-9)7-16-13(17)8-21-11-2-4-15-5-3-11/h2-6H,7-8H2,1H3,(H,16,17)(H,18,19). The van der Waals surface area contributed by atoms with Gasteiger partial charge in [0.2, 0.25) is 5.91 Å². The summed E-state index contributed by atoms with van der Waals surface area (Å²) in [5.74, 6) is -0.162. The number of aromatic nitrogens is 1. The first kappa shape index (κ1) is 15.1. The quantitative estimate of drug-likeness (QED) is 0.794. The Kier molecular flexibility index (Phi) is 4.99. The molecule has 2 aromatic rings. The summed E-state index contributed by atoms with van der Waals surface area (Å²) < 4.78 is 5.28. The molecular weight excluding hydrogens is 292 g/mol. The zero-order valence-electron chi connectivity index (χ0n) is 11.3. The Bertz CT molecular complexity index is 640. The van der Waals surface area contributed by atoms with Crippen LogP contribution in [0.3, 0.4) is 0 Å². The van der Waals surface area contributed by atoms with Crippen LogP contribution in [0.1, 0.15) is 21.9 Å². The lowest BCUT2D eigenvalue weighted by Gasteiger charge is -2.03. The number of carboxylic acids is 1. The van der Waals surface area contributed by atoms with Gasteiger partial charge >= 0.3 is 5.97 Å². The van der Waals surface area contributed by atoms with Crippen LogP contribution in [0, 0.1) is 6.92 Å². The first-order valence-electron chi connectivity index (χ1n) is 6.18. The molecule has 0 bridgehead atoms. The fourth-order valence-corrected chi connectivity index (χ4v) is 2.38. The van der Waals surface area contributed by atoms with Crippen LogP contribution in [0.15, 0.2) is 39.9 Å². The van der Waals surface area contributed by atoms with E-state index in [1.165, 1.54) is 17.8 Å². The normalized spacial score (nSPS) is 10.3. The van der Waals surface area contributed by atoms with Gasteiger partial charge in [-0.1, -0.05) is 0 Å². The van der Waals surface area contributed by atoms with Gasteiger partial charge in [0.05, 0.1) is 12.3 Å². The number of amides is 1. The summed E-state index contributed by atoms with van der Waals surface area (Å²) in [6.07, 6.45) is 3.33. The van der Waals surface area contributed by atoms with Crippen molar-refractivity contribution < 1.29 is 19.1 Å². The zero-order chi connectivity index (χ0) is 15.2. The monoisotopic (exact) mass is 306 g/mol. The summed E-state index contributed by atoms with van der Waals surface area (Å²) in [5.41, 5.74) is 0.116. The van der Waals surface area contributed by atoms with Gasteiger partial charge in [0.1, 0.15) is 17.1 Å².